The molecule has 2 aromatic rings. The molecule has 0 aliphatic carbocycles. The van der Waals surface area contributed by atoms with Crippen molar-refractivity contribution in [1.29, 1.82) is 0 Å². The average Bonchev–Trinajstić information content (AvgIpc) is 2.76. The second-order valence-corrected chi connectivity index (χ2v) is 4.58. The van der Waals surface area contributed by atoms with Gasteiger partial charge in [0.2, 0.25) is 0 Å². The summed E-state index contributed by atoms with van der Waals surface area (Å²) in [7, 11) is 1.74. The molecule has 2 rings (SSSR count). The van der Waals surface area contributed by atoms with Crippen molar-refractivity contribution >= 4 is 17.0 Å². The van der Waals surface area contributed by atoms with E-state index in [1.54, 1.807) is 17.9 Å². The molecule has 0 saturated carbocycles. The van der Waals surface area contributed by atoms with Gasteiger partial charge in [-0.2, -0.15) is 5.10 Å². The highest BCUT2D eigenvalue weighted by Crippen LogP contribution is 2.28. The van der Waals surface area contributed by atoms with E-state index in [1.807, 2.05) is 13.8 Å². The lowest BCUT2D eigenvalue weighted by Crippen LogP contribution is -2.13. The molecule has 108 valence electrons. The van der Waals surface area contributed by atoms with Crippen LogP contribution in [0, 0.1) is 0 Å². The van der Waals surface area contributed by atoms with Crippen LogP contribution in [0.1, 0.15) is 24.2 Å². The number of aromatic carboxylic acids is 1. The smallest absolute Gasteiger partial charge is 0.341 e. The predicted molar refractivity (Wildman–Crippen MR) is 72.1 cm³/mol. The third kappa shape index (κ3) is 2.88. The summed E-state index contributed by atoms with van der Waals surface area (Å²) >= 11 is 0. The van der Waals surface area contributed by atoms with Crippen molar-refractivity contribution in [3.8, 4) is 5.75 Å². The van der Waals surface area contributed by atoms with Gasteiger partial charge in [0, 0.05) is 13.2 Å². The van der Waals surface area contributed by atoms with Crippen LogP contribution in [0.15, 0.2) is 12.4 Å². The Morgan fingerprint density at radius 2 is 2.15 bits per heavy atom. The van der Waals surface area contributed by atoms with Crippen molar-refractivity contribution in [2.24, 2.45) is 7.05 Å². The number of nitrogens with zero attached hydrogens (tertiary/aromatic N) is 3. The molecule has 1 N–H and O–H groups in total. The summed E-state index contributed by atoms with van der Waals surface area (Å²) in [5, 5.41) is 13.8. The van der Waals surface area contributed by atoms with Crippen LogP contribution < -0.4 is 4.74 Å². The highest BCUT2D eigenvalue weighted by Gasteiger charge is 2.18. The van der Waals surface area contributed by atoms with Crippen molar-refractivity contribution in [1.82, 2.24) is 14.8 Å². The molecule has 0 fully saturated rings. The van der Waals surface area contributed by atoms with Crippen LogP contribution in [0.25, 0.3) is 11.0 Å². The van der Waals surface area contributed by atoms with Gasteiger partial charge < -0.3 is 14.6 Å². The Morgan fingerprint density at radius 1 is 1.40 bits per heavy atom. The van der Waals surface area contributed by atoms with E-state index in [2.05, 4.69) is 10.1 Å². The fourth-order valence-corrected chi connectivity index (χ4v) is 1.81. The van der Waals surface area contributed by atoms with Gasteiger partial charge in [-0.15, -0.1) is 0 Å². The number of carboxylic acid groups (broad SMARTS) is 1. The summed E-state index contributed by atoms with van der Waals surface area (Å²) in [5.74, 6) is -0.800. The molecular formula is C13H17N3O4. The predicted octanol–water partition coefficient (Wildman–Crippen LogP) is 1.47. The molecule has 7 nitrogen and oxygen atoms in total. The summed E-state index contributed by atoms with van der Waals surface area (Å²) in [5.41, 5.74) is 0.602. The number of rotatable bonds is 6. The van der Waals surface area contributed by atoms with Crippen molar-refractivity contribution in [2.45, 2.75) is 20.0 Å². The van der Waals surface area contributed by atoms with Crippen LogP contribution in [-0.2, 0) is 11.8 Å². The number of aryl methyl sites for hydroxylation is 1. The fraction of sp³-hybridized carbons (Fsp3) is 0.462. The molecule has 0 amide bonds. The summed E-state index contributed by atoms with van der Waals surface area (Å²) in [6, 6.07) is 0. The summed E-state index contributed by atoms with van der Waals surface area (Å²) in [6.45, 7) is 4.51. The Kier molecular flexibility index (Phi) is 4.19. The molecule has 0 aromatic carbocycles. The van der Waals surface area contributed by atoms with E-state index in [0.29, 0.717) is 17.6 Å². The molecule has 7 heteroatoms. The minimum atomic E-state index is -1.08. The number of pyridine rings is 1. The SMILES string of the molecule is CC(C)OCCOc1c(C(=O)O)cnc2c1cnn2C. The van der Waals surface area contributed by atoms with E-state index < -0.39 is 5.97 Å². The lowest BCUT2D eigenvalue weighted by atomic mass is 10.2. The second kappa shape index (κ2) is 5.87. The molecule has 0 atom stereocenters. The van der Waals surface area contributed by atoms with Crippen molar-refractivity contribution in [3.05, 3.63) is 18.0 Å². The highest BCUT2D eigenvalue weighted by molar-refractivity contribution is 5.97. The summed E-state index contributed by atoms with van der Waals surface area (Å²) < 4.78 is 12.5. The van der Waals surface area contributed by atoms with Gasteiger partial charge >= 0.3 is 5.97 Å². The zero-order valence-electron chi connectivity index (χ0n) is 11.7. The van der Waals surface area contributed by atoms with Gasteiger partial charge in [0.05, 0.1) is 24.3 Å². The molecule has 20 heavy (non-hydrogen) atoms. The van der Waals surface area contributed by atoms with Crippen molar-refractivity contribution in [3.63, 3.8) is 0 Å². The third-order valence-corrected chi connectivity index (χ3v) is 2.72. The van der Waals surface area contributed by atoms with Crippen molar-refractivity contribution in [2.75, 3.05) is 13.2 Å². The summed E-state index contributed by atoms with van der Waals surface area (Å²) in [6.07, 6.45) is 2.94. The van der Waals surface area contributed by atoms with E-state index in [4.69, 9.17) is 9.47 Å². The first-order valence-electron chi connectivity index (χ1n) is 6.29. The number of aromatic nitrogens is 3. The van der Waals surface area contributed by atoms with Crippen LogP contribution >= 0.6 is 0 Å². The Labute approximate surface area is 116 Å². The maximum absolute atomic E-state index is 11.2. The molecule has 0 saturated heterocycles. The van der Waals surface area contributed by atoms with E-state index in [0.717, 1.165) is 0 Å². The number of carboxylic acids is 1. The number of fused-ring (bicyclic) bond motifs is 1. The topological polar surface area (TPSA) is 86.5 Å². The number of hydrogen-bond acceptors (Lipinski definition) is 5. The molecule has 0 bridgehead atoms. The van der Waals surface area contributed by atoms with E-state index in [9.17, 15) is 9.90 Å². The molecule has 0 aliphatic rings. The second-order valence-electron chi connectivity index (χ2n) is 4.58. The first kappa shape index (κ1) is 14.3. The minimum Gasteiger partial charge on any atom is -0.489 e. The first-order valence-corrected chi connectivity index (χ1v) is 6.29. The van der Waals surface area contributed by atoms with Crippen molar-refractivity contribution < 1.29 is 19.4 Å². The van der Waals surface area contributed by atoms with Crippen LogP contribution in [0.3, 0.4) is 0 Å². The molecule has 2 aromatic heterocycles. The number of ether oxygens (including phenoxy) is 2. The lowest BCUT2D eigenvalue weighted by molar-refractivity contribution is 0.0542. The van der Waals surface area contributed by atoms with Crippen LogP contribution in [0.2, 0.25) is 0 Å². The molecular weight excluding hydrogens is 262 g/mol. The maximum atomic E-state index is 11.2. The number of hydrogen-bond donors (Lipinski definition) is 1. The monoisotopic (exact) mass is 279 g/mol. The average molecular weight is 279 g/mol. The van der Waals surface area contributed by atoms with Crippen LogP contribution in [0.4, 0.5) is 0 Å². The molecule has 2 heterocycles. The first-order chi connectivity index (χ1) is 9.50. The Hall–Kier alpha value is -2.15. The quantitative estimate of drug-likeness (QED) is 0.806. The zero-order valence-corrected chi connectivity index (χ0v) is 11.7. The van der Waals surface area contributed by atoms with Gasteiger partial charge in [-0.25, -0.2) is 9.78 Å². The van der Waals surface area contributed by atoms with Gasteiger partial charge in [-0.3, -0.25) is 4.68 Å². The van der Waals surface area contributed by atoms with Gasteiger partial charge in [0.25, 0.3) is 0 Å². The Morgan fingerprint density at radius 3 is 2.80 bits per heavy atom. The number of carbonyl (C=O) groups is 1. The van der Waals surface area contributed by atoms with Gasteiger partial charge in [-0.1, -0.05) is 0 Å². The van der Waals surface area contributed by atoms with Crippen LogP contribution in [-0.4, -0.2) is 45.2 Å². The third-order valence-electron chi connectivity index (χ3n) is 2.72. The normalized spacial score (nSPS) is 11.2. The van der Waals surface area contributed by atoms with E-state index in [-0.39, 0.29) is 24.0 Å². The van der Waals surface area contributed by atoms with Gasteiger partial charge in [-0.05, 0) is 13.8 Å². The standard InChI is InChI=1S/C13H17N3O4/c1-8(2)19-4-5-20-11-9-7-15-16(3)12(9)14-6-10(11)13(17)18/h6-8H,4-5H2,1-3H3,(H,17,18). The fourth-order valence-electron chi connectivity index (χ4n) is 1.81. The highest BCUT2D eigenvalue weighted by atomic mass is 16.5. The molecule has 0 unspecified atom stereocenters. The van der Waals surface area contributed by atoms with E-state index in [1.165, 1.54) is 6.20 Å². The van der Waals surface area contributed by atoms with Crippen LogP contribution in [0.5, 0.6) is 5.75 Å². The summed E-state index contributed by atoms with van der Waals surface area (Å²) in [4.78, 5) is 15.3. The Balaban J connectivity index is 2.28. The van der Waals surface area contributed by atoms with Gasteiger partial charge in [0.15, 0.2) is 5.65 Å². The zero-order chi connectivity index (χ0) is 14.7. The Bertz CT molecular complexity index is 621. The minimum absolute atomic E-state index is 0.0232. The van der Waals surface area contributed by atoms with E-state index >= 15 is 0 Å². The molecule has 0 radical (unpaired) electrons. The maximum Gasteiger partial charge on any atom is 0.341 e. The van der Waals surface area contributed by atoms with Gasteiger partial charge in [0.1, 0.15) is 17.9 Å². The molecule has 0 aliphatic heterocycles. The lowest BCUT2D eigenvalue weighted by Gasteiger charge is -2.11. The molecule has 0 spiro atoms. The largest absolute Gasteiger partial charge is 0.489 e.